The molecule has 8 heteroatoms. The monoisotopic (exact) mass is 540 g/mol. The normalized spacial score (nSPS) is 45.4. The van der Waals surface area contributed by atoms with Gasteiger partial charge in [0, 0.05) is 29.0 Å². The van der Waals surface area contributed by atoms with Crippen molar-refractivity contribution in [3.8, 4) is 0 Å². The molecule has 2 spiro atoms. The van der Waals surface area contributed by atoms with Crippen molar-refractivity contribution in [2.24, 2.45) is 11.3 Å². The lowest BCUT2D eigenvalue weighted by molar-refractivity contribution is -0.308. The molecule has 6 nitrogen and oxygen atoms in total. The third kappa shape index (κ3) is 2.83. The smallest absolute Gasteiger partial charge is 0.197 e. The van der Waals surface area contributed by atoms with E-state index in [1.807, 2.05) is 31.1 Å². The van der Waals surface area contributed by atoms with Crippen LogP contribution in [0.2, 0.25) is 5.15 Å². The van der Waals surface area contributed by atoms with Crippen molar-refractivity contribution in [1.29, 1.82) is 0 Å². The van der Waals surface area contributed by atoms with Crippen LogP contribution in [-0.2, 0) is 4.74 Å². The molecule has 7 rings (SSSR count). The van der Waals surface area contributed by atoms with E-state index in [0.717, 1.165) is 22.8 Å². The van der Waals surface area contributed by atoms with E-state index in [-0.39, 0.29) is 17.8 Å². The molecule has 38 heavy (non-hydrogen) atoms. The molecule has 2 bridgehead atoms. The number of alkyl halides is 1. The van der Waals surface area contributed by atoms with Gasteiger partial charge < -0.3 is 25.0 Å². The summed E-state index contributed by atoms with van der Waals surface area (Å²) in [5, 5.41) is 36.0. The zero-order chi connectivity index (χ0) is 26.8. The van der Waals surface area contributed by atoms with Crippen LogP contribution >= 0.6 is 11.6 Å². The lowest BCUT2D eigenvalue weighted by atomic mass is 9.55. The molecule has 1 saturated carbocycles. The van der Waals surface area contributed by atoms with Gasteiger partial charge in [-0.3, -0.25) is 0 Å². The first-order chi connectivity index (χ1) is 18.0. The molecule has 3 fully saturated rings. The van der Waals surface area contributed by atoms with Gasteiger partial charge in [0.05, 0.1) is 11.7 Å². The van der Waals surface area contributed by atoms with Crippen LogP contribution in [0.1, 0.15) is 44.6 Å². The molecule has 3 heterocycles. The number of aliphatic hydroxyl groups is 3. The van der Waals surface area contributed by atoms with Crippen LogP contribution in [0.25, 0.3) is 16.3 Å². The maximum Gasteiger partial charge on any atom is 0.197 e. The van der Waals surface area contributed by atoms with Gasteiger partial charge in [-0.2, -0.15) is 0 Å². The number of pyridine rings is 1. The Morgan fingerprint density at radius 3 is 2.68 bits per heavy atom. The number of halogens is 2. The summed E-state index contributed by atoms with van der Waals surface area (Å²) in [5.74, 6) is 0.00504. The van der Waals surface area contributed by atoms with Gasteiger partial charge in [-0.1, -0.05) is 42.8 Å². The number of fused-ring (bicyclic) bond motifs is 2. The fourth-order valence-electron chi connectivity index (χ4n) is 8.83. The second-order valence-corrected chi connectivity index (χ2v) is 12.9. The minimum absolute atomic E-state index is 0.00504. The van der Waals surface area contributed by atoms with Crippen molar-refractivity contribution in [3.05, 3.63) is 58.9 Å². The van der Waals surface area contributed by atoms with Gasteiger partial charge in [0.15, 0.2) is 5.67 Å². The molecule has 1 aromatic carbocycles. The molecule has 3 aliphatic carbocycles. The van der Waals surface area contributed by atoms with Crippen molar-refractivity contribution in [2.45, 2.75) is 80.3 Å². The van der Waals surface area contributed by atoms with Gasteiger partial charge in [-0.05, 0) is 80.4 Å². The van der Waals surface area contributed by atoms with Crippen molar-refractivity contribution < 1.29 is 24.4 Å². The van der Waals surface area contributed by atoms with Gasteiger partial charge in [-0.15, -0.1) is 0 Å². The third-order valence-electron chi connectivity index (χ3n) is 10.8. The van der Waals surface area contributed by atoms with Crippen molar-refractivity contribution in [2.75, 3.05) is 14.1 Å². The molecule has 2 aromatic rings. The van der Waals surface area contributed by atoms with E-state index < -0.39 is 41.2 Å². The minimum atomic E-state index is -2.48. The van der Waals surface area contributed by atoms with Gasteiger partial charge >= 0.3 is 0 Å². The van der Waals surface area contributed by atoms with Crippen LogP contribution in [-0.4, -0.2) is 80.5 Å². The lowest BCUT2D eigenvalue weighted by Crippen LogP contribution is -2.78. The van der Waals surface area contributed by atoms with Gasteiger partial charge in [-0.25, -0.2) is 9.37 Å². The van der Waals surface area contributed by atoms with Crippen molar-refractivity contribution >= 4 is 27.9 Å². The molecular formula is C30H34ClFN2O4. The second kappa shape index (κ2) is 7.87. The van der Waals surface area contributed by atoms with E-state index in [9.17, 15) is 15.3 Å². The molecule has 1 aromatic heterocycles. The highest BCUT2D eigenvalue weighted by atomic mass is 35.5. The van der Waals surface area contributed by atoms with Gasteiger partial charge in [0.1, 0.15) is 23.0 Å². The molecule has 3 N–H and O–H groups in total. The first kappa shape index (κ1) is 25.1. The van der Waals surface area contributed by atoms with Gasteiger partial charge in [0.2, 0.25) is 0 Å². The van der Waals surface area contributed by atoms with Crippen LogP contribution in [0.3, 0.4) is 0 Å². The number of nitrogens with zero attached hydrogens (tertiary/aromatic N) is 2. The number of hydrogen-bond donors (Lipinski definition) is 3. The van der Waals surface area contributed by atoms with Crippen LogP contribution < -0.4 is 0 Å². The number of aliphatic hydroxyl groups excluding tert-OH is 3. The average molecular weight is 541 g/mol. The highest BCUT2D eigenvalue weighted by Gasteiger charge is 2.79. The van der Waals surface area contributed by atoms with Gasteiger partial charge in [0.25, 0.3) is 0 Å². The summed E-state index contributed by atoms with van der Waals surface area (Å²) in [6.07, 6.45) is 3.82. The topological polar surface area (TPSA) is 86.1 Å². The van der Waals surface area contributed by atoms with E-state index in [2.05, 4.69) is 36.2 Å². The van der Waals surface area contributed by atoms with E-state index in [4.69, 9.17) is 16.3 Å². The predicted octanol–water partition coefficient (Wildman–Crippen LogP) is 4.05. The predicted molar refractivity (Wildman–Crippen MR) is 143 cm³/mol. The van der Waals surface area contributed by atoms with E-state index in [1.54, 1.807) is 6.20 Å². The number of allylic oxidation sites excluding steroid dienone is 3. The SMILES string of the molecule is CN(C)[C@H]1C[C@@]23CC[C@@]4(O2)C(=CC[C@]2(C)C(c5ccc6ccnc(Cl)c6c5)=CCC24)C(O)C3(F)[C@@H](O)[C@@H]1O. The summed E-state index contributed by atoms with van der Waals surface area (Å²) in [6, 6.07) is 7.75. The Labute approximate surface area is 226 Å². The number of benzene rings is 1. The van der Waals surface area contributed by atoms with Crippen molar-refractivity contribution in [3.63, 3.8) is 0 Å². The summed E-state index contributed by atoms with van der Waals surface area (Å²) in [6.45, 7) is 2.24. The summed E-state index contributed by atoms with van der Waals surface area (Å²) >= 11 is 6.43. The molecular weight excluding hydrogens is 507 g/mol. The number of ether oxygens (including phenoxy) is 1. The Balaban J connectivity index is 1.32. The standard InChI is InChI=1S/C30H34ClFN2O4/c1-27-10-8-20-24(36)30(32)25(37)23(35)21(34(2)3)15-28(30)11-12-29(20,38-28)22(27)7-6-19(27)17-5-4-16-9-13-33-26(31)18(16)14-17/h4-6,8-9,13-14,21-25,35-37H,7,10-12,15H2,1-3H3/t21-,22?,23+,24?,25-,27+,28+,29+,30?/m0/s1. The second-order valence-electron chi connectivity index (χ2n) is 12.6. The fraction of sp³-hybridized carbons (Fsp3) is 0.567. The Morgan fingerprint density at radius 2 is 1.92 bits per heavy atom. The molecule has 2 aliphatic heterocycles. The zero-order valence-electron chi connectivity index (χ0n) is 21.9. The van der Waals surface area contributed by atoms with Crippen LogP contribution in [0.5, 0.6) is 0 Å². The fourth-order valence-corrected chi connectivity index (χ4v) is 9.05. The summed E-state index contributed by atoms with van der Waals surface area (Å²) < 4.78 is 24.0. The molecule has 3 unspecified atom stereocenters. The number of hydrogen-bond acceptors (Lipinski definition) is 6. The highest BCUT2D eigenvalue weighted by Crippen LogP contribution is 2.70. The van der Waals surface area contributed by atoms with E-state index >= 15 is 4.39 Å². The van der Waals surface area contributed by atoms with Crippen molar-refractivity contribution in [1.82, 2.24) is 9.88 Å². The Hall–Kier alpha value is -1.87. The molecule has 0 radical (unpaired) electrons. The van der Waals surface area contributed by atoms with E-state index in [1.165, 1.54) is 5.57 Å². The number of aromatic nitrogens is 1. The molecule has 9 atom stereocenters. The molecule has 2 saturated heterocycles. The first-order valence-corrected chi connectivity index (χ1v) is 13.9. The summed E-state index contributed by atoms with van der Waals surface area (Å²) in [5.41, 5.74) is -2.15. The van der Waals surface area contributed by atoms with Crippen LogP contribution in [0, 0.1) is 11.3 Å². The average Bonchev–Trinajstić information content (AvgIpc) is 3.43. The highest BCUT2D eigenvalue weighted by molar-refractivity contribution is 6.34. The van der Waals surface area contributed by atoms with E-state index in [0.29, 0.717) is 30.0 Å². The third-order valence-corrected chi connectivity index (χ3v) is 11.1. The Bertz CT molecular complexity index is 1410. The summed E-state index contributed by atoms with van der Waals surface area (Å²) in [7, 11) is 3.63. The largest absolute Gasteiger partial charge is 0.389 e. The Morgan fingerprint density at radius 1 is 1.13 bits per heavy atom. The summed E-state index contributed by atoms with van der Waals surface area (Å²) in [4.78, 5) is 6.07. The first-order valence-electron chi connectivity index (χ1n) is 13.5. The van der Waals surface area contributed by atoms with Crippen LogP contribution in [0.15, 0.2) is 48.2 Å². The van der Waals surface area contributed by atoms with Crippen LogP contribution in [0.4, 0.5) is 4.39 Å². The lowest BCUT2D eigenvalue weighted by Gasteiger charge is -2.62. The maximum absolute atomic E-state index is 17.0. The number of likely N-dealkylation sites (N-methyl/N-ethyl adjacent to an activating group) is 1. The Kier molecular flexibility index (Phi) is 5.20. The number of rotatable bonds is 2. The minimum Gasteiger partial charge on any atom is -0.389 e. The maximum atomic E-state index is 17.0. The zero-order valence-corrected chi connectivity index (χ0v) is 22.6. The quantitative estimate of drug-likeness (QED) is 0.393. The molecule has 0 amide bonds. The molecule has 202 valence electrons. The molecule has 5 aliphatic rings.